The van der Waals surface area contributed by atoms with Gasteiger partial charge in [0, 0.05) is 0 Å². The van der Waals surface area contributed by atoms with Gasteiger partial charge in [-0.2, -0.15) is 10.2 Å². The van der Waals surface area contributed by atoms with E-state index in [-0.39, 0.29) is 11.5 Å². The van der Waals surface area contributed by atoms with Crippen LogP contribution in [0.2, 0.25) is 0 Å². The van der Waals surface area contributed by atoms with Crippen LogP contribution in [0, 0.1) is 0 Å². The Morgan fingerprint density at radius 1 is 0.708 bits per heavy atom. The average Bonchev–Trinajstić information content (AvgIpc) is 2.58. The number of carbonyl (C=O) groups is 2. The third-order valence-corrected chi connectivity index (χ3v) is 2.75. The Bertz CT molecular complexity index is 700. The summed E-state index contributed by atoms with van der Waals surface area (Å²) in [6, 6.07) is 12.2. The van der Waals surface area contributed by atoms with Gasteiger partial charge in [0.1, 0.15) is 11.5 Å². The van der Waals surface area contributed by atoms with Crippen molar-refractivity contribution < 1.29 is 19.8 Å². The maximum absolute atomic E-state index is 11.5. The van der Waals surface area contributed by atoms with Crippen LogP contribution in [0.3, 0.4) is 0 Å². The highest BCUT2D eigenvalue weighted by Crippen LogP contribution is 2.08. The summed E-state index contributed by atoms with van der Waals surface area (Å²) < 4.78 is 0. The minimum atomic E-state index is -0.979. The lowest BCUT2D eigenvalue weighted by Crippen LogP contribution is -2.35. The van der Waals surface area contributed by atoms with E-state index in [0.717, 1.165) is 0 Å². The first-order valence-electron chi connectivity index (χ1n) is 6.79. The summed E-state index contributed by atoms with van der Waals surface area (Å²) in [6.07, 6.45) is 2.65. The first kappa shape index (κ1) is 16.7. The molecule has 2 amide bonds. The number of phenolic OH excluding ortho intramolecular Hbond substituents is 2. The second-order valence-corrected chi connectivity index (χ2v) is 4.58. The van der Waals surface area contributed by atoms with Crippen LogP contribution in [0.1, 0.15) is 11.1 Å². The second kappa shape index (κ2) is 8.08. The van der Waals surface area contributed by atoms with Crippen molar-refractivity contribution in [2.75, 3.05) is 0 Å². The van der Waals surface area contributed by atoms with Gasteiger partial charge in [-0.25, -0.2) is 10.9 Å². The van der Waals surface area contributed by atoms with Gasteiger partial charge in [0.25, 0.3) is 0 Å². The Kier molecular flexibility index (Phi) is 5.62. The van der Waals surface area contributed by atoms with E-state index >= 15 is 0 Å². The zero-order valence-corrected chi connectivity index (χ0v) is 12.4. The summed E-state index contributed by atoms with van der Waals surface area (Å²) >= 11 is 0. The van der Waals surface area contributed by atoms with Gasteiger partial charge in [0.2, 0.25) is 0 Å². The number of hydrogen-bond donors (Lipinski definition) is 4. The predicted molar refractivity (Wildman–Crippen MR) is 87.7 cm³/mol. The Labute approximate surface area is 137 Å². The average molecular weight is 326 g/mol. The SMILES string of the molecule is O=C(N/N=C/c1ccc(O)cc1)C(=O)N/N=C/c1ccc(O)cc1. The van der Waals surface area contributed by atoms with Gasteiger partial charge in [0.05, 0.1) is 12.4 Å². The van der Waals surface area contributed by atoms with E-state index in [1.54, 1.807) is 24.3 Å². The van der Waals surface area contributed by atoms with Crippen LogP contribution < -0.4 is 10.9 Å². The van der Waals surface area contributed by atoms with E-state index in [1.807, 2.05) is 0 Å². The first-order valence-corrected chi connectivity index (χ1v) is 6.79. The number of benzene rings is 2. The highest BCUT2D eigenvalue weighted by Gasteiger charge is 2.10. The fraction of sp³-hybridized carbons (Fsp3) is 0. The lowest BCUT2D eigenvalue weighted by atomic mass is 10.2. The third-order valence-electron chi connectivity index (χ3n) is 2.75. The van der Waals surface area contributed by atoms with Crippen LogP contribution in [0.15, 0.2) is 58.7 Å². The van der Waals surface area contributed by atoms with Crippen molar-refractivity contribution in [1.29, 1.82) is 0 Å². The molecular formula is C16H14N4O4. The van der Waals surface area contributed by atoms with Crippen LogP contribution in [0.4, 0.5) is 0 Å². The van der Waals surface area contributed by atoms with Gasteiger partial charge < -0.3 is 10.2 Å². The molecule has 2 rings (SSSR count). The topological polar surface area (TPSA) is 123 Å². The van der Waals surface area contributed by atoms with Crippen molar-refractivity contribution in [1.82, 2.24) is 10.9 Å². The number of nitrogens with one attached hydrogen (secondary N) is 2. The molecule has 0 aliphatic rings. The Morgan fingerprint density at radius 2 is 1.04 bits per heavy atom. The van der Waals surface area contributed by atoms with E-state index in [9.17, 15) is 9.59 Å². The fourth-order valence-corrected chi connectivity index (χ4v) is 1.55. The molecular weight excluding hydrogens is 312 g/mol. The number of carbonyl (C=O) groups excluding carboxylic acids is 2. The molecule has 0 aliphatic heterocycles. The van der Waals surface area contributed by atoms with E-state index in [2.05, 4.69) is 21.1 Å². The number of nitrogens with zero attached hydrogens (tertiary/aromatic N) is 2. The number of hydrogen-bond acceptors (Lipinski definition) is 6. The summed E-state index contributed by atoms with van der Waals surface area (Å²) in [5, 5.41) is 25.5. The Balaban J connectivity index is 1.80. The van der Waals surface area contributed by atoms with Crippen molar-refractivity contribution in [3.63, 3.8) is 0 Å². The fourth-order valence-electron chi connectivity index (χ4n) is 1.55. The first-order chi connectivity index (χ1) is 11.5. The normalized spacial score (nSPS) is 10.8. The number of rotatable bonds is 4. The molecule has 2 aromatic carbocycles. The molecule has 0 atom stereocenters. The largest absolute Gasteiger partial charge is 0.508 e. The van der Waals surface area contributed by atoms with Crippen LogP contribution in [0.25, 0.3) is 0 Å². The molecule has 0 aliphatic carbocycles. The Hall–Kier alpha value is -3.68. The monoisotopic (exact) mass is 326 g/mol. The molecule has 0 saturated heterocycles. The van der Waals surface area contributed by atoms with E-state index < -0.39 is 11.8 Å². The van der Waals surface area contributed by atoms with E-state index in [1.165, 1.54) is 36.7 Å². The molecule has 0 aromatic heterocycles. The van der Waals surface area contributed by atoms with Crippen molar-refractivity contribution in [2.45, 2.75) is 0 Å². The van der Waals surface area contributed by atoms with Crippen molar-refractivity contribution in [3.05, 3.63) is 59.7 Å². The molecule has 2 aromatic rings. The zero-order valence-electron chi connectivity index (χ0n) is 12.4. The number of phenols is 2. The lowest BCUT2D eigenvalue weighted by molar-refractivity contribution is -0.139. The van der Waals surface area contributed by atoms with Crippen molar-refractivity contribution in [2.24, 2.45) is 10.2 Å². The minimum Gasteiger partial charge on any atom is -0.508 e. The van der Waals surface area contributed by atoms with Crippen LogP contribution in [-0.4, -0.2) is 34.5 Å². The van der Waals surface area contributed by atoms with E-state index in [0.29, 0.717) is 11.1 Å². The van der Waals surface area contributed by atoms with Gasteiger partial charge in [-0.15, -0.1) is 0 Å². The zero-order chi connectivity index (χ0) is 17.4. The molecule has 0 unspecified atom stereocenters. The standard InChI is InChI=1S/C16H14N4O4/c21-13-5-1-11(2-6-13)9-17-19-15(23)16(24)20-18-10-12-3-7-14(22)8-4-12/h1-10,21-22H,(H,19,23)(H,20,24)/b17-9+,18-10+. The smallest absolute Gasteiger partial charge is 0.331 e. The molecule has 0 bridgehead atoms. The maximum atomic E-state index is 11.5. The van der Waals surface area contributed by atoms with Gasteiger partial charge in [0.15, 0.2) is 0 Å². The number of aromatic hydroxyl groups is 2. The lowest BCUT2D eigenvalue weighted by Gasteiger charge is -1.98. The predicted octanol–water partition coefficient (Wildman–Crippen LogP) is 0.698. The van der Waals surface area contributed by atoms with Gasteiger partial charge in [-0.05, 0) is 59.7 Å². The van der Waals surface area contributed by atoms with Gasteiger partial charge in [-0.3, -0.25) is 9.59 Å². The maximum Gasteiger partial charge on any atom is 0.331 e. The van der Waals surface area contributed by atoms with Crippen LogP contribution >= 0.6 is 0 Å². The second-order valence-electron chi connectivity index (χ2n) is 4.58. The Morgan fingerprint density at radius 3 is 1.38 bits per heavy atom. The molecule has 4 N–H and O–H groups in total. The highest BCUT2D eigenvalue weighted by molar-refractivity contribution is 6.35. The molecule has 0 radical (unpaired) electrons. The summed E-state index contributed by atoms with van der Waals surface area (Å²) in [5.41, 5.74) is 5.38. The van der Waals surface area contributed by atoms with Gasteiger partial charge >= 0.3 is 11.8 Å². The molecule has 8 nitrogen and oxygen atoms in total. The summed E-state index contributed by atoms with van der Waals surface area (Å²) in [7, 11) is 0. The molecule has 8 heteroatoms. The van der Waals surface area contributed by atoms with Crippen molar-refractivity contribution in [3.8, 4) is 11.5 Å². The summed E-state index contributed by atoms with van der Waals surface area (Å²) in [6.45, 7) is 0. The molecule has 24 heavy (non-hydrogen) atoms. The third kappa shape index (κ3) is 5.26. The highest BCUT2D eigenvalue weighted by atomic mass is 16.3. The van der Waals surface area contributed by atoms with E-state index in [4.69, 9.17) is 10.2 Å². The number of amides is 2. The molecule has 0 fully saturated rings. The molecule has 0 spiro atoms. The van der Waals surface area contributed by atoms with Gasteiger partial charge in [-0.1, -0.05) is 0 Å². The molecule has 122 valence electrons. The minimum absolute atomic E-state index is 0.113. The van der Waals surface area contributed by atoms with Crippen LogP contribution in [-0.2, 0) is 9.59 Å². The molecule has 0 saturated carbocycles. The number of hydrazone groups is 2. The summed E-state index contributed by atoms with van der Waals surface area (Å²) in [4.78, 5) is 23.0. The van der Waals surface area contributed by atoms with Crippen molar-refractivity contribution >= 4 is 24.2 Å². The quantitative estimate of drug-likeness (QED) is 0.375. The molecule has 0 heterocycles. The van der Waals surface area contributed by atoms with Crippen LogP contribution in [0.5, 0.6) is 11.5 Å². The summed E-state index contributed by atoms with van der Waals surface area (Å²) in [5.74, 6) is -1.73.